The van der Waals surface area contributed by atoms with Gasteiger partial charge < -0.3 is 14.8 Å². The van der Waals surface area contributed by atoms with E-state index in [9.17, 15) is 0 Å². The molecule has 4 heteroatoms. The number of nitrogens with one attached hydrogen (secondary N) is 1. The summed E-state index contributed by atoms with van der Waals surface area (Å²) in [6.07, 6.45) is 5.31. The molecule has 110 valence electrons. The Morgan fingerprint density at radius 2 is 2.15 bits per heavy atom. The smallest absolute Gasteiger partial charge is 0.142 e. The fourth-order valence-electron chi connectivity index (χ4n) is 2.58. The highest BCUT2D eigenvalue weighted by Gasteiger charge is 2.24. The molecule has 0 spiro atoms. The van der Waals surface area contributed by atoms with Crippen LogP contribution in [0.4, 0.5) is 0 Å². The van der Waals surface area contributed by atoms with E-state index in [2.05, 4.69) is 18.3 Å². The molecule has 1 saturated carbocycles. The van der Waals surface area contributed by atoms with Gasteiger partial charge in [-0.05, 0) is 38.7 Å². The monoisotopic (exact) mass is 295 g/mol. The molecular weight excluding hydrogens is 274 g/mol. The number of halogens is 1. The van der Waals surface area contributed by atoms with E-state index in [0.717, 1.165) is 30.7 Å². The number of hydrogen-bond donors (Lipinski definition) is 1. The molecule has 1 aromatic carbocycles. The standard InChI is InChI=1S/C16H22ClNO2/c1-11-5-8-14(20-11)10-19-16-12(3-2-4-15(16)17)9-18-13-6-7-13/h2-4,11,13-14,18H,5-10H2,1H3. The molecule has 0 aromatic heterocycles. The van der Waals surface area contributed by atoms with E-state index in [1.54, 1.807) is 0 Å². The molecule has 1 saturated heterocycles. The maximum Gasteiger partial charge on any atom is 0.142 e. The van der Waals surface area contributed by atoms with Crippen LogP contribution in [0.25, 0.3) is 0 Å². The summed E-state index contributed by atoms with van der Waals surface area (Å²) in [4.78, 5) is 0. The summed E-state index contributed by atoms with van der Waals surface area (Å²) in [5.74, 6) is 0.811. The molecule has 1 aromatic rings. The van der Waals surface area contributed by atoms with Gasteiger partial charge in [-0.1, -0.05) is 23.7 Å². The molecule has 0 amide bonds. The largest absolute Gasteiger partial charge is 0.489 e. The van der Waals surface area contributed by atoms with Crippen LogP contribution in [0, 0.1) is 0 Å². The Hall–Kier alpha value is -0.770. The van der Waals surface area contributed by atoms with Crippen molar-refractivity contribution >= 4 is 11.6 Å². The molecule has 3 rings (SSSR count). The van der Waals surface area contributed by atoms with Gasteiger partial charge >= 0.3 is 0 Å². The van der Waals surface area contributed by atoms with Crippen molar-refractivity contribution in [3.8, 4) is 5.75 Å². The quantitative estimate of drug-likeness (QED) is 0.871. The molecule has 20 heavy (non-hydrogen) atoms. The molecule has 3 nitrogen and oxygen atoms in total. The lowest BCUT2D eigenvalue weighted by atomic mass is 10.2. The highest BCUT2D eigenvalue weighted by atomic mass is 35.5. The lowest BCUT2D eigenvalue weighted by Crippen LogP contribution is -2.20. The maximum absolute atomic E-state index is 6.28. The van der Waals surface area contributed by atoms with Gasteiger partial charge in [0.1, 0.15) is 12.4 Å². The van der Waals surface area contributed by atoms with Crippen molar-refractivity contribution < 1.29 is 9.47 Å². The highest BCUT2D eigenvalue weighted by molar-refractivity contribution is 6.32. The Morgan fingerprint density at radius 1 is 1.30 bits per heavy atom. The Bertz CT molecular complexity index is 462. The third kappa shape index (κ3) is 3.66. The zero-order chi connectivity index (χ0) is 13.9. The molecule has 1 N–H and O–H groups in total. The highest BCUT2D eigenvalue weighted by Crippen LogP contribution is 2.31. The Balaban J connectivity index is 1.60. The average molecular weight is 296 g/mol. The van der Waals surface area contributed by atoms with E-state index in [1.807, 2.05) is 12.1 Å². The summed E-state index contributed by atoms with van der Waals surface area (Å²) in [5.41, 5.74) is 1.13. The second-order valence-corrected chi connectivity index (χ2v) is 6.25. The first-order chi connectivity index (χ1) is 9.72. The van der Waals surface area contributed by atoms with Crippen LogP contribution in [-0.4, -0.2) is 24.9 Å². The number of para-hydroxylation sites is 1. The maximum atomic E-state index is 6.28. The molecule has 2 aliphatic rings. The fourth-order valence-corrected chi connectivity index (χ4v) is 2.83. The van der Waals surface area contributed by atoms with E-state index in [-0.39, 0.29) is 6.10 Å². The zero-order valence-corrected chi connectivity index (χ0v) is 12.7. The van der Waals surface area contributed by atoms with Gasteiger partial charge in [0, 0.05) is 18.2 Å². The summed E-state index contributed by atoms with van der Waals surface area (Å²) in [5, 5.41) is 4.19. The molecule has 1 aliphatic carbocycles. The molecule has 1 heterocycles. The van der Waals surface area contributed by atoms with Crippen LogP contribution in [0.3, 0.4) is 0 Å². The second-order valence-electron chi connectivity index (χ2n) is 5.84. The fraction of sp³-hybridized carbons (Fsp3) is 0.625. The molecule has 1 aliphatic heterocycles. The number of ether oxygens (including phenoxy) is 2. The molecule has 2 atom stereocenters. The van der Waals surface area contributed by atoms with E-state index < -0.39 is 0 Å². The third-order valence-corrected chi connectivity index (χ3v) is 4.24. The lowest BCUT2D eigenvalue weighted by Gasteiger charge is -2.17. The van der Waals surface area contributed by atoms with Gasteiger partial charge in [-0.15, -0.1) is 0 Å². The van der Waals surface area contributed by atoms with E-state index >= 15 is 0 Å². The van der Waals surface area contributed by atoms with Crippen molar-refractivity contribution in [3.05, 3.63) is 28.8 Å². The molecule has 0 bridgehead atoms. The topological polar surface area (TPSA) is 30.5 Å². The van der Waals surface area contributed by atoms with Crippen molar-refractivity contribution in [1.29, 1.82) is 0 Å². The Labute approximate surface area is 125 Å². The number of benzene rings is 1. The van der Waals surface area contributed by atoms with Crippen LogP contribution in [-0.2, 0) is 11.3 Å². The normalized spacial score (nSPS) is 25.9. The molecule has 2 unspecified atom stereocenters. The third-order valence-electron chi connectivity index (χ3n) is 3.94. The van der Waals surface area contributed by atoms with E-state index in [4.69, 9.17) is 21.1 Å². The first kappa shape index (κ1) is 14.2. The van der Waals surface area contributed by atoms with Crippen molar-refractivity contribution in [2.75, 3.05) is 6.61 Å². The number of hydrogen-bond acceptors (Lipinski definition) is 3. The van der Waals surface area contributed by atoms with Gasteiger partial charge in [0.2, 0.25) is 0 Å². The summed E-state index contributed by atoms with van der Waals surface area (Å²) >= 11 is 6.28. The second kappa shape index (κ2) is 6.33. The first-order valence-electron chi connectivity index (χ1n) is 7.51. The van der Waals surface area contributed by atoms with Crippen LogP contribution < -0.4 is 10.1 Å². The van der Waals surface area contributed by atoms with E-state index in [1.165, 1.54) is 12.8 Å². The summed E-state index contributed by atoms with van der Waals surface area (Å²) in [6, 6.07) is 6.62. The van der Waals surface area contributed by atoms with Gasteiger partial charge in [0.25, 0.3) is 0 Å². The van der Waals surface area contributed by atoms with Gasteiger partial charge in [0.05, 0.1) is 17.2 Å². The summed E-state index contributed by atoms with van der Waals surface area (Å²) < 4.78 is 11.7. The van der Waals surface area contributed by atoms with Crippen molar-refractivity contribution in [1.82, 2.24) is 5.32 Å². The minimum atomic E-state index is 0.200. The van der Waals surface area contributed by atoms with Crippen LogP contribution in [0.15, 0.2) is 18.2 Å². The van der Waals surface area contributed by atoms with Gasteiger partial charge in [-0.2, -0.15) is 0 Å². The molecule has 0 radical (unpaired) electrons. The number of rotatable bonds is 6. The van der Waals surface area contributed by atoms with Crippen LogP contribution in [0.5, 0.6) is 5.75 Å². The average Bonchev–Trinajstić information content (AvgIpc) is 3.17. The van der Waals surface area contributed by atoms with Crippen molar-refractivity contribution in [2.45, 2.75) is 57.4 Å². The van der Waals surface area contributed by atoms with Crippen LogP contribution >= 0.6 is 11.6 Å². The SMILES string of the molecule is CC1CCC(COc2c(Cl)cccc2CNC2CC2)O1. The van der Waals surface area contributed by atoms with Gasteiger partial charge in [0.15, 0.2) is 0 Å². The summed E-state index contributed by atoms with van der Waals surface area (Å²) in [6.45, 7) is 3.52. The van der Waals surface area contributed by atoms with Crippen LogP contribution in [0.1, 0.15) is 38.2 Å². The predicted octanol–water partition coefficient (Wildman–Crippen LogP) is 3.54. The van der Waals surface area contributed by atoms with Crippen molar-refractivity contribution in [3.63, 3.8) is 0 Å². The first-order valence-corrected chi connectivity index (χ1v) is 7.89. The lowest BCUT2D eigenvalue weighted by molar-refractivity contribution is 0.0262. The van der Waals surface area contributed by atoms with E-state index in [0.29, 0.717) is 23.8 Å². The molecule has 2 fully saturated rings. The van der Waals surface area contributed by atoms with Gasteiger partial charge in [-0.3, -0.25) is 0 Å². The Kier molecular flexibility index (Phi) is 4.49. The Morgan fingerprint density at radius 3 is 2.85 bits per heavy atom. The van der Waals surface area contributed by atoms with Crippen LogP contribution in [0.2, 0.25) is 5.02 Å². The predicted molar refractivity (Wildman–Crippen MR) is 80.4 cm³/mol. The molecular formula is C16H22ClNO2. The summed E-state index contributed by atoms with van der Waals surface area (Å²) in [7, 11) is 0. The van der Waals surface area contributed by atoms with Gasteiger partial charge in [-0.25, -0.2) is 0 Å². The van der Waals surface area contributed by atoms with Crippen molar-refractivity contribution in [2.24, 2.45) is 0 Å². The minimum absolute atomic E-state index is 0.200. The zero-order valence-electron chi connectivity index (χ0n) is 11.9. The minimum Gasteiger partial charge on any atom is -0.489 e.